The number of amides is 1. The number of benzene rings is 3. The van der Waals surface area contributed by atoms with Crippen LogP contribution in [0, 0.1) is 28.8 Å². The van der Waals surface area contributed by atoms with E-state index in [2.05, 4.69) is 5.32 Å². The minimum atomic E-state index is -0.684. The summed E-state index contributed by atoms with van der Waals surface area (Å²) in [6.07, 6.45) is 1.45. The van der Waals surface area contributed by atoms with Gasteiger partial charge in [0.05, 0.1) is 22.9 Å². The molecule has 5 rings (SSSR count). The number of nitrogens with zero attached hydrogens (tertiary/aromatic N) is 2. The number of halogens is 3. The van der Waals surface area contributed by atoms with E-state index in [0.717, 1.165) is 12.8 Å². The summed E-state index contributed by atoms with van der Waals surface area (Å²) in [5.74, 6) is -1.56. The van der Waals surface area contributed by atoms with Crippen LogP contribution in [0.15, 0.2) is 53.4 Å². The van der Waals surface area contributed by atoms with Gasteiger partial charge in [0.25, 0.3) is 5.91 Å². The number of rotatable bonds is 6. The van der Waals surface area contributed by atoms with Crippen molar-refractivity contribution in [3.8, 4) is 11.8 Å². The monoisotopic (exact) mass is 509 g/mol. The predicted octanol–water partition coefficient (Wildman–Crippen LogP) is 5.56. The molecule has 9 heteroatoms. The molecule has 2 heterocycles. The Morgan fingerprint density at radius 1 is 1.06 bits per heavy atom. The molecule has 0 atom stereocenters. The Morgan fingerprint density at radius 2 is 1.81 bits per heavy atom. The van der Waals surface area contributed by atoms with E-state index in [1.165, 1.54) is 30.0 Å². The number of ether oxygens (including phenoxy) is 1. The molecule has 0 unspecified atom stereocenters. The Kier molecular flexibility index (Phi) is 6.79. The predicted molar refractivity (Wildman–Crippen MR) is 131 cm³/mol. The second-order valence-corrected chi connectivity index (χ2v) is 10.1. The van der Waals surface area contributed by atoms with Crippen molar-refractivity contribution in [2.24, 2.45) is 0 Å². The number of carbonyl (C=O) groups is 1. The summed E-state index contributed by atoms with van der Waals surface area (Å²) in [6.45, 7) is 1.25. The normalized spacial score (nSPS) is 15.4. The van der Waals surface area contributed by atoms with Crippen molar-refractivity contribution in [1.29, 1.82) is 5.26 Å². The molecule has 2 aliphatic heterocycles. The first-order valence-electron chi connectivity index (χ1n) is 11.5. The van der Waals surface area contributed by atoms with Crippen LogP contribution in [0.4, 0.5) is 18.9 Å². The molecule has 2 aliphatic rings. The first-order valence-corrected chi connectivity index (χ1v) is 12.4. The molecule has 0 aromatic heterocycles. The quantitative estimate of drug-likeness (QED) is 0.472. The Hall–Kier alpha value is -3.64. The fourth-order valence-electron chi connectivity index (χ4n) is 4.54. The first-order chi connectivity index (χ1) is 17.4. The first kappa shape index (κ1) is 24.1. The molecular weight excluding hydrogens is 487 g/mol. The molecule has 1 amide bonds. The van der Waals surface area contributed by atoms with Crippen molar-refractivity contribution in [3.63, 3.8) is 0 Å². The van der Waals surface area contributed by atoms with Crippen molar-refractivity contribution in [2.45, 2.75) is 36.1 Å². The summed E-state index contributed by atoms with van der Waals surface area (Å²) in [5, 5.41) is 11.8. The largest absolute Gasteiger partial charge is 0.488 e. The number of nitriles is 1. The van der Waals surface area contributed by atoms with Gasteiger partial charge in [0, 0.05) is 40.9 Å². The van der Waals surface area contributed by atoms with Crippen LogP contribution in [0.2, 0.25) is 0 Å². The number of hydrogen-bond donors (Lipinski definition) is 1. The lowest BCUT2D eigenvalue weighted by atomic mass is 10.1. The van der Waals surface area contributed by atoms with E-state index < -0.39 is 17.5 Å². The molecule has 3 aromatic carbocycles. The lowest BCUT2D eigenvalue weighted by molar-refractivity contribution is 0.0965. The Balaban J connectivity index is 1.20. The highest BCUT2D eigenvalue weighted by Crippen LogP contribution is 2.35. The fourth-order valence-corrected chi connectivity index (χ4v) is 5.71. The summed E-state index contributed by atoms with van der Waals surface area (Å²) in [5.41, 5.74) is 1.76. The molecule has 3 aromatic rings. The van der Waals surface area contributed by atoms with Gasteiger partial charge in [-0.05, 0) is 55.3 Å². The number of carbonyl (C=O) groups excluding carboxylic acids is 1. The van der Waals surface area contributed by atoms with E-state index in [1.807, 2.05) is 11.0 Å². The van der Waals surface area contributed by atoms with Gasteiger partial charge in [-0.3, -0.25) is 4.79 Å². The highest BCUT2D eigenvalue weighted by Gasteiger charge is 2.25. The van der Waals surface area contributed by atoms with Crippen LogP contribution in [0.25, 0.3) is 0 Å². The number of anilines is 1. The van der Waals surface area contributed by atoms with E-state index in [0.29, 0.717) is 47.1 Å². The Labute approximate surface area is 210 Å². The second-order valence-electron chi connectivity index (χ2n) is 8.70. The maximum Gasteiger partial charge on any atom is 0.252 e. The van der Waals surface area contributed by atoms with Gasteiger partial charge in [-0.15, -0.1) is 11.8 Å². The summed E-state index contributed by atoms with van der Waals surface area (Å²) in [4.78, 5) is 14.2. The van der Waals surface area contributed by atoms with E-state index >= 15 is 0 Å². The molecule has 0 radical (unpaired) electrons. The maximum absolute atomic E-state index is 14.8. The van der Waals surface area contributed by atoms with Crippen molar-refractivity contribution < 1.29 is 22.7 Å². The van der Waals surface area contributed by atoms with Crippen LogP contribution in [0.3, 0.4) is 0 Å². The van der Waals surface area contributed by atoms with Gasteiger partial charge in [0.15, 0.2) is 0 Å². The molecule has 1 N–H and O–H groups in total. The number of fused-ring (bicyclic) bond motifs is 1. The van der Waals surface area contributed by atoms with Gasteiger partial charge in [0.2, 0.25) is 0 Å². The van der Waals surface area contributed by atoms with Gasteiger partial charge >= 0.3 is 0 Å². The third kappa shape index (κ3) is 4.86. The zero-order valence-corrected chi connectivity index (χ0v) is 20.0. The topological polar surface area (TPSA) is 65.4 Å². The Bertz CT molecular complexity index is 1340. The van der Waals surface area contributed by atoms with Gasteiger partial charge in [0.1, 0.15) is 29.8 Å². The summed E-state index contributed by atoms with van der Waals surface area (Å²) < 4.78 is 49.7. The van der Waals surface area contributed by atoms with Crippen LogP contribution >= 0.6 is 11.8 Å². The summed E-state index contributed by atoms with van der Waals surface area (Å²) in [7, 11) is 0. The van der Waals surface area contributed by atoms with Crippen molar-refractivity contribution >= 4 is 23.4 Å². The van der Waals surface area contributed by atoms with E-state index in [1.54, 1.807) is 30.3 Å². The SMILES string of the molecule is N#Cc1ccc(N2CCC(Sc3cc(F)c(COc4cccc5c4CNC5=O)c(F)c3)CC2)c(F)c1. The molecule has 1 saturated heterocycles. The molecule has 0 saturated carbocycles. The number of nitrogens with one attached hydrogen (secondary N) is 1. The average Bonchev–Trinajstić information content (AvgIpc) is 3.25. The van der Waals surface area contributed by atoms with Gasteiger partial charge in [-0.2, -0.15) is 5.26 Å². The van der Waals surface area contributed by atoms with E-state index in [-0.39, 0.29) is 28.9 Å². The molecule has 0 aliphatic carbocycles. The standard InChI is InChI=1S/C27H22F3N3O2S/c28-22-11-18(36-17-6-8-33(9-7-17)25-5-4-16(13-31)10-24(25)30)12-23(29)21(22)15-35-26-3-1-2-19-20(26)14-32-27(19)34/h1-5,10-12,17H,6-9,14-15H2,(H,32,34). The second kappa shape index (κ2) is 10.2. The summed E-state index contributed by atoms with van der Waals surface area (Å²) >= 11 is 1.41. The highest BCUT2D eigenvalue weighted by molar-refractivity contribution is 8.00. The zero-order valence-electron chi connectivity index (χ0n) is 19.2. The van der Waals surface area contributed by atoms with Gasteiger partial charge < -0.3 is 15.0 Å². The third-order valence-electron chi connectivity index (χ3n) is 6.45. The van der Waals surface area contributed by atoms with Crippen molar-refractivity contribution in [1.82, 2.24) is 5.32 Å². The lowest BCUT2D eigenvalue weighted by Gasteiger charge is -2.33. The van der Waals surface area contributed by atoms with E-state index in [4.69, 9.17) is 10.00 Å². The third-order valence-corrected chi connectivity index (χ3v) is 7.76. The molecule has 5 nitrogen and oxygen atoms in total. The Morgan fingerprint density at radius 3 is 2.50 bits per heavy atom. The van der Waals surface area contributed by atoms with Crippen LogP contribution in [0.5, 0.6) is 5.75 Å². The van der Waals surface area contributed by atoms with Crippen molar-refractivity contribution in [3.05, 3.63) is 88.2 Å². The van der Waals surface area contributed by atoms with Crippen LogP contribution in [0.1, 0.15) is 39.9 Å². The maximum atomic E-state index is 14.8. The molecule has 36 heavy (non-hydrogen) atoms. The molecular formula is C27H22F3N3O2S. The smallest absolute Gasteiger partial charge is 0.252 e. The van der Waals surface area contributed by atoms with Crippen LogP contribution < -0.4 is 15.0 Å². The average molecular weight is 510 g/mol. The number of thioether (sulfide) groups is 1. The van der Waals surface area contributed by atoms with E-state index in [9.17, 15) is 18.0 Å². The van der Waals surface area contributed by atoms with Gasteiger partial charge in [-0.25, -0.2) is 13.2 Å². The minimum absolute atomic E-state index is 0.139. The zero-order chi connectivity index (χ0) is 25.2. The number of hydrogen-bond acceptors (Lipinski definition) is 5. The van der Waals surface area contributed by atoms with Crippen molar-refractivity contribution in [2.75, 3.05) is 18.0 Å². The molecule has 184 valence electrons. The highest BCUT2D eigenvalue weighted by atomic mass is 32.2. The minimum Gasteiger partial charge on any atom is -0.488 e. The lowest BCUT2D eigenvalue weighted by Crippen LogP contribution is -2.35. The molecule has 0 bridgehead atoms. The van der Waals surface area contributed by atoms with Crippen LogP contribution in [-0.4, -0.2) is 24.2 Å². The molecule has 1 fully saturated rings. The fraction of sp³-hybridized carbons (Fsp3) is 0.259. The number of piperidine rings is 1. The summed E-state index contributed by atoms with van der Waals surface area (Å²) in [6, 6.07) is 14.0. The van der Waals surface area contributed by atoms with Gasteiger partial charge in [-0.1, -0.05) is 6.07 Å². The van der Waals surface area contributed by atoms with Crippen LogP contribution in [-0.2, 0) is 13.2 Å². The molecule has 0 spiro atoms.